The normalized spacial score (nSPS) is 13.2. The Morgan fingerprint density at radius 2 is 1.46 bits per heavy atom. The SMILES string of the molecule is COc1cc(CNC[C@@H](O)[C@H](Cc2ccccc2)NC(=O)c2cc(C(=O)N[C@H](C)c3ccccc3)cc(N(C)S(C)(=O)=O)c2)ccc1O. The zero-order valence-electron chi connectivity index (χ0n) is 27.4. The Balaban J connectivity index is 1.57. The standard InChI is InChI=1S/C36H42N4O7S/c1-24(27-13-9-6-10-14-27)38-35(43)28-19-29(21-30(20-28)40(2)48(4,45)46)36(44)39-31(17-25-11-7-5-8-12-25)33(42)23-37-22-26-15-16-32(41)34(18-26)47-3/h5-16,18-21,24,31,33,37,41-42H,17,22-23H2,1-4H3,(H,38,43)(H,39,44)/t24-,31+,33-/m1/s1. The molecule has 3 atom stereocenters. The number of aliphatic hydroxyl groups is 1. The van der Waals surface area contributed by atoms with Crippen LogP contribution in [0.5, 0.6) is 11.5 Å². The molecule has 5 N–H and O–H groups in total. The van der Waals surface area contributed by atoms with E-state index in [4.69, 9.17) is 4.74 Å². The summed E-state index contributed by atoms with van der Waals surface area (Å²) in [5.41, 5.74) is 2.86. The van der Waals surface area contributed by atoms with Gasteiger partial charge in [-0.3, -0.25) is 13.9 Å². The molecule has 0 radical (unpaired) electrons. The largest absolute Gasteiger partial charge is 0.504 e. The van der Waals surface area contributed by atoms with E-state index in [1.165, 1.54) is 38.4 Å². The third-order valence-electron chi connectivity index (χ3n) is 7.96. The lowest BCUT2D eigenvalue weighted by Crippen LogP contribution is -2.48. The first kappa shape index (κ1) is 35.9. The minimum absolute atomic E-state index is 0.0186. The fourth-order valence-electron chi connectivity index (χ4n) is 5.09. The molecule has 0 fully saturated rings. The van der Waals surface area contributed by atoms with E-state index in [0.717, 1.165) is 27.3 Å². The number of rotatable bonds is 15. The molecule has 0 saturated heterocycles. The molecular weight excluding hydrogens is 632 g/mol. The van der Waals surface area contributed by atoms with Crippen LogP contribution in [0.25, 0.3) is 0 Å². The summed E-state index contributed by atoms with van der Waals surface area (Å²) < 4.78 is 31.1. The van der Waals surface area contributed by atoms with E-state index in [0.29, 0.717) is 18.7 Å². The molecule has 2 amide bonds. The molecule has 4 rings (SSSR count). The average Bonchev–Trinajstić information content (AvgIpc) is 3.08. The molecule has 4 aromatic carbocycles. The molecule has 48 heavy (non-hydrogen) atoms. The highest BCUT2D eigenvalue weighted by Crippen LogP contribution is 2.26. The summed E-state index contributed by atoms with van der Waals surface area (Å²) in [6.07, 6.45) is 0.294. The number of carbonyl (C=O) groups excluding carboxylic acids is 2. The van der Waals surface area contributed by atoms with Gasteiger partial charge in [0.1, 0.15) is 0 Å². The zero-order chi connectivity index (χ0) is 34.8. The maximum atomic E-state index is 13.8. The van der Waals surface area contributed by atoms with Gasteiger partial charge in [-0.05, 0) is 60.4 Å². The number of nitrogens with zero attached hydrogens (tertiary/aromatic N) is 1. The number of phenols is 1. The Labute approximate surface area is 281 Å². The monoisotopic (exact) mass is 674 g/mol. The lowest BCUT2D eigenvalue weighted by Gasteiger charge is -2.26. The number of carbonyl (C=O) groups is 2. The van der Waals surface area contributed by atoms with Gasteiger partial charge in [0.15, 0.2) is 11.5 Å². The summed E-state index contributed by atoms with van der Waals surface area (Å²) in [4.78, 5) is 27.2. The van der Waals surface area contributed by atoms with Crippen LogP contribution < -0.4 is 25.0 Å². The van der Waals surface area contributed by atoms with Crippen molar-refractivity contribution in [2.45, 2.75) is 38.1 Å². The Hall–Kier alpha value is -4.91. The maximum Gasteiger partial charge on any atom is 0.251 e. The summed E-state index contributed by atoms with van der Waals surface area (Å²) in [7, 11) is -0.918. The number of aliphatic hydroxyl groups excluding tert-OH is 1. The van der Waals surface area contributed by atoms with Crippen molar-refractivity contribution in [1.29, 1.82) is 0 Å². The topological polar surface area (TPSA) is 157 Å². The van der Waals surface area contributed by atoms with E-state index in [-0.39, 0.29) is 35.2 Å². The van der Waals surface area contributed by atoms with Crippen molar-refractivity contribution in [3.05, 3.63) is 125 Å². The number of phenolic OH excluding ortho intramolecular Hbond substituents is 1. The van der Waals surface area contributed by atoms with Gasteiger partial charge < -0.3 is 30.9 Å². The second kappa shape index (κ2) is 16.3. The molecule has 11 nitrogen and oxygen atoms in total. The van der Waals surface area contributed by atoms with Crippen LogP contribution in [0.1, 0.15) is 50.4 Å². The molecule has 0 saturated carbocycles. The first-order chi connectivity index (χ1) is 22.8. The summed E-state index contributed by atoms with van der Waals surface area (Å²) in [6.45, 7) is 2.30. The Morgan fingerprint density at radius 3 is 2.06 bits per heavy atom. The van der Waals surface area contributed by atoms with Crippen molar-refractivity contribution in [1.82, 2.24) is 16.0 Å². The number of methoxy groups -OCH3 is 1. The first-order valence-electron chi connectivity index (χ1n) is 15.4. The smallest absolute Gasteiger partial charge is 0.251 e. The number of anilines is 1. The number of nitrogens with one attached hydrogen (secondary N) is 3. The molecule has 0 heterocycles. The molecule has 254 valence electrons. The number of hydrogen-bond acceptors (Lipinski definition) is 8. The number of ether oxygens (including phenoxy) is 1. The van der Waals surface area contributed by atoms with Crippen LogP contribution in [0.2, 0.25) is 0 Å². The van der Waals surface area contributed by atoms with Gasteiger partial charge in [0, 0.05) is 31.3 Å². The second-order valence-corrected chi connectivity index (χ2v) is 13.6. The third-order valence-corrected chi connectivity index (χ3v) is 9.16. The number of amides is 2. The molecule has 0 aliphatic heterocycles. The van der Waals surface area contributed by atoms with Crippen LogP contribution in [-0.4, -0.2) is 69.5 Å². The van der Waals surface area contributed by atoms with E-state index in [2.05, 4.69) is 16.0 Å². The van der Waals surface area contributed by atoms with Gasteiger partial charge in [-0.25, -0.2) is 8.42 Å². The van der Waals surface area contributed by atoms with Crippen molar-refractivity contribution in [3.63, 3.8) is 0 Å². The van der Waals surface area contributed by atoms with Crippen LogP contribution in [0.3, 0.4) is 0 Å². The van der Waals surface area contributed by atoms with E-state index in [9.17, 15) is 28.2 Å². The van der Waals surface area contributed by atoms with Crippen molar-refractivity contribution in [3.8, 4) is 11.5 Å². The van der Waals surface area contributed by atoms with Gasteiger partial charge in [-0.15, -0.1) is 0 Å². The maximum absolute atomic E-state index is 13.8. The van der Waals surface area contributed by atoms with Gasteiger partial charge in [0.2, 0.25) is 10.0 Å². The predicted octanol–water partition coefficient (Wildman–Crippen LogP) is 3.78. The predicted molar refractivity (Wildman–Crippen MR) is 186 cm³/mol. The van der Waals surface area contributed by atoms with Gasteiger partial charge in [-0.1, -0.05) is 66.7 Å². The zero-order valence-corrected chi connectivity index (χ0v) is 28.2. The first-order valence-corrected chi connectivity index (χ1v) is 17.2. The molecule has 0 spiro atoms. The van der Waals surface area contributed by atoms with Crippen molar-refractivity contribution in [2.24, 2.45) is 0 Å². The van der Waals surface area contributed by atoms with Crippen LogP contribution in [0.4, 0.5) is 5.69 Å². The lowest BCUT2D eigenvalue weighted by atomic mass is 10.00. The summed E-state index contributed by atoms with van der Waals surface area (Å²) in [6, 6.07) is 26.8. The third kappa shape index (κ3) is 9.80. The van der Waals surface area contributed by atoms with Crippen molar-refractivity contribution < 1.29 is 33.0 Å². The van der Waals surface area contributed by atoms with Crippen LogP contribution in [0.15, 0.2) is 97.1 Å². The van der Waals surface area contributed by atoms with E-state index in [1.54, 1.807) is 12.1 Å². The summed E-state index contributed by atoms with van der Waals surface area (Å²) in [5, 5.41) is 30.2. The molecule has 0 bridgehead atoms. The molecule has 0 aliphatic rings. The Bertz CT molecular complexity index is 1800. The fourth-order valence-corrected chi connectivity index (χ4v) is 5.58. The summed E-state index contributed by atoms with van der Waals surface area (Å²) >= 11 is 0. The molecule has 12 heteroatoms. The fraction of sp³-hybridized carbons (Fsp3) is 0.278. The van der Waals surface area contributed by atoms with Gasteiger partial charge in [0.25, 0.3) is 11.8 Å². The van der Waals surface area contributed by atoms with E-state index < -0.39 is 34.0 Å². The molecule has 0 unspecified atom stereocenters. The molecular formula is C36H42N4O7S. The molecule has 0 aliphatic carbocycles. The van der Waals surface area contributed by atoms with E-state index in [1.807, 2.05) is 67.6 Å². The summed E-state index contributed by atoms with van der Waals surface area (Å²) in [5.74, 6) is -0.729. The number of aromatic hydroxyl groups is 1. The molecule has 4 aromatic rings. The highest BCUT2D eigenvalue weighted by atomic mass is 32.2. The van der Waals surface area contributed by atoms with Crippen molar-refractivity contribution >= 4 is 27.5 Å². The minimum Gasteiger partial charge on any atom is -0.504 e. The lowest BCUT2D eigenvalue weighted by molar-refractivity contribution is 0.0830. The van der Waals surface area contributed by atoms with Crippen LogP contribution in [-0.2, 0) is 23.0 Å². The highest BCUT2D eigenvalue weighted by Gasteiger charge is 2.25. The second-order valence-electron chi connectivity index (χ2n) is 11.6. The average molecular weight is 675 g/mol. The Morgan fingerprint density at radius 1 is 0.854 bits per heavy atom. The van der Waals surface area contributed by atoms with E-state index >= 15 is 0 Å². The van der Waals surface area contributed by atoms with Gasteiger partial charge in [-0.2, -0.15) is 0 Å². The Kier molecular flexibility index (Phi) is 12.2. The van der Waals surface area contributed by atoms with Gasteiger partial charge >= 0.3 is 0 Å². The molecule has 0 aromatic heterocycles. The minimum atomic E-state index is -3.72. The van der Waals surface area contributed by atoms with Crippen LogP contribution >= 0.6 is 0 Å². The quantitative estimate of drug-likeness (QED) is 0.128. The highest BCUT2D eigenvalue weighted by molar-refractivity contribution is 7.92. The van der Waals surface area contributed by atoms with Crippen molar-refractivity contribution in [2.75, 3.05) is 31.3 Å². The van der Waals surface area contributed by atoms with Crippen LogP contribution in [0, 0.1) is 0 Å². The number of benzene rings is 4. The number of hydrogen-bond donors (Lipinski definition) is 5. The number of sulfonamides is 1. The van der Waals surface area contributed by atoms with Gasteiger partial charge in [0.05, 0.1) is 37.2 Å².